The highest BCUT2D eigenvalue weighted by molar-refractivity contribution is 6.35. The largest absolute Gasteiger partial charge is 0.497 e. The Balaban J connectivity index is 1.41. The van der Waals surface area contributed by atoms with Gasteiger partial charge in [-0.2, -0.15) is 0 Å². The molecule has 0 radical (unpaired) electrons. The van der Waals surface area contributed by atoms with Crippen molar-refractivity contribution in [1.82, 2.24) is 9.88 Å². The lowest BCUT2D eigenvalue weighted by Gasteiger charge is -2.35. The monoisotopic (exact) mass is 508 g/mol. The molecule has 186 valence electrons. The highest BCUT2D eigenvalue weighted by Gasteiger charge is 2.34. The van der Waals surface area contributed by atoms with Crippen molar-refractivity contribution in [3.05, 3.63) is 70.6 Å². The van der Waals surface area contributed by atoms with E-state index < -0.39 is 11.9 Å². The van der Waals surface area contributed by atoms with Crippen LogP contribution in [0.2, 0.25) is 5.02 Å². The van der Waals surface area contributed by atoms with Crippen molar-refractivity contribution in [3.8, 4) is 17.6 Å². The number of carbonyl (C=O) groups excluding carboxylic acids is 1. The normalized spacial score (nSPS) is 17.9. The number of aromatic nitrogens is 1. The molecule has 1 aromatic heterocycles. The Bertz CT molecular complexity index is 1350. The molecule has 4 rings (SSSR count). The lowest BCUT2D eigenvalue weighted by atomic mass is 9.81. The van der Waals surface area contributed by atoms with Crippen molar-refractivity contribution in [2.24, 2.45) is 11.8 Å². The molecule has 8 heteroatoms. The van der Waals surface area contributed by atoms with Crippen molar-refractivity contribution in [2.75, 3.05) is 26.7 Å². The van der Waals surface area contributed by atoms with Gasteiger partial charge in [0.05, 0.1) is 30.1 Å². The number of carboxylic acids is 1. The Hall–Kier alpha value is -3.47. The number of carbonyl (C=O) groups is 2. The summed E-state index contributed by atoms with van der Waals surface area (Å²) in [4.78, 5) is 31.5. The minimum atomic E-state index is -0.882. The quantitative estimate of drug-likeness (QED) is 0.354. The van der Waals surface area contributed by atoms with E-state index in [1.54, 1.807) is 37.4 Å². The number of fused-ring (bicyclic) bond motifs is 1. The van der Waals surface area contributed by atoms with Gasteiger partial charge in [-0.25, -0.2) is 4.39 Å². The van der Waals surface area contributed by atoms with E-state index in [1.807, 2.05) is 4.90 Å². The number of rotatable bonds is 7. The summed E-state index contributed by atoms with van der Waals surface area (Å²) in [6.45, 7) is 1.42. The molecule has 2 heterocycles. The average molecular weight is 509 g/mol. The third-order valence-corrected chi connectivity index (χ3v) is 6.85. The maximum atomic E-state index is 13.3. The summed E-state index contributed by atoms with van der Waals surface area (Å²) in [7, 11) is 1.55. The van der Waals surface area contributed by atoms with Gasteiger partial charge in [0.2, 0.25) is 0 Å². The maximum absolute atomic E-state index is 13.3. The molecule has 0 amide bonds. The van der Waals surface area contributed by atoms with Crippen LogP contribution in [0.5, 0.6) is 5.75 Å². The van der Waals surface area contributed by atoms with Gasteiger partial charge >= 0.3 is 5.97 Å². The number of hydrogen-bond acceptors (Lipinski definition) is 5. The number of aliphatic carboxylic acids is 1. The van der Waals surface area contributed by atoms with Crippen molar-refractivity contribution in [1.29, 1.82) is 0 Å². The Morgan fingerprint density at radius 2 is 2.11 bits per heavy atom. The summed E-state index contributed by atoms with van der Waals surface area (Å²) in [6, 6.07) is 11.3. The smallest absolute Gasteiger partial charge is 0.308 e. The number of nitrogens with zero attached hydrogens (tertiary/aromatic N) is 2. The molecular formula is C28H26ClFN2O4. The van der Waals surface area contributed by atoms with Gasteiger partial charge in [0.1, 0.15) is 11.6 Å². The van der Waals surface area contributed by atoms with E-state index in [1.165, 1.54) is 18.3 Å². The second-order valence-corrected chi connectivity index (χ2v) is 9.27. The predicted octanol–water partition coefficient (Wildman–Crippen LogP) is 5.07. The maximum Gasteiger partial charge on any atom is 0.308 e. The summed E-state index contributed by atoms with van der Waals surface area (Å²) in [5.41, 5.74) is 1.61. The van der Waals surface area contributed by atoms with Gasteiger partial charge in [0.25, 0.3) is 0 Å². The van der Waals surface area contributed by atoms with Gasteiger partial charge in [-0.05, 0) is 61.7 Å². The van der Waals surface area contributed by atoms with Crippen LogP contribution < -0.4 is 4.74 Å². The van der Waals surface area contributed by atoms with Crippen LogP contribution in [0.4, 0.5) is 4.39 Å². The van der Waals surface area contributed by atoms with Gasteiger partial charge in [-0.3, -0.25) is 19.5 Å². The molecule has 3 aromatic rings. The number of methoxy groups -OCH3 is 1. The molecule has 2 atom stereocenters. The number of likely N-dealkylation sites (tertiary alicyclic amines) is 1. The lowest BCUT2D eigenvalue weighted by molar-refractivity contribution is -0.146. The van der Waals surface area contributed by atoms with Gasteiger partial charge in [0.15, 0.2) is 5.78 Å². The molecule has 1 aliphatic rings. The molecular weight excluding hydrogens is 483 g/mol. The van der Waals surface area contributed by atoms with E-state index in [9.17, 15) is 19.1 Å². The van der Waals surface area contributed by atoms with E-state index in [4.69, 9.17) is 16.3 Å². The van der Waals surface area contributed by atoms with Crippen molar-refractivity contribution in [3.63, 3.8) is 0 Å². The van der Waals surface area contributed by atoms with Gasteiger partial charge in [-0.15, -0.1) is 0 Å². The second kappa shape index (κ2) is 11.5. The molecule has 6 nitrogen and oxygen atoms in total. The molecule has 0 unspecified atom stereocenters. The van der Waals surface area contributed by atoms with E-state index in [2.05, 4.69) is 16.8 Å². The van der Waals surface area contributed by atoms with E-state index >= 15 is 0 Å². The first kappa shape index (κ1) is 25.6. The van der Waals surface area contributed by atoms with Crippen LogP contribution in [0.3, 0.4) is 0 Å². The Morgan fingerprint density at radius 3 is 2.86 bits per heavy atom. The molecule has 1 aliphatic heterocycles. The first-order valence-corrected chi connectivity index (χ1v) is 12.1. The number of hydrogen-bond donors (Lipinski definition) is 1. The first-order valence-electron chi connectivity index (χ1n) is 11.7. The zero-order chi connectivity index (χ0) is 25.7. The highest BCUT2D eigenvalue weighted by atomic mass is 35.5. The van der Waals surface area contributed by atoms with Crippen LogP contribution in [-0.4, -0.2) is 53.5 Å². The Labute approximate surface area is 214 Å². The number of halogens is 2. The summed E-state index contributed by atoms with van der Waals surface area (Å²) in [6.07, 6.45) is 2.74. The van der Waals surface area contributed by atoms with E-state index in [0.29, 0.717) is 60.3 Å². The van der Waals surface area contributed by atoms with E-state index in [0.717, 1.165) is 0 Å². The summed E-state index contributed by atoms with van der Waals surface area (Å²) in [5.74, 6) is 4.41. The molecule has 0 bridgehead atoms. The second-order valence-electron chi connectivity index (χ2n) is 8.87. The third-order valence-electron chi connectivity index (χ3n) is 6.57. The average Bonchev–Trinajstić information content (AvgIpc) is 2.87. The molecule has 0 saturated carbocycles. The van der Waals surface area contributed by atoms with E-state index in [-0.39, 0.29) is 29.0 Å². The minimum absolute atomic E-state index is 0.139. The zero-order valence-corrected chi connectivity index (χ0v) is 20.6. The number of benzene rings is 2. The fraction of sp³-hybridized carbons (Fsp3) is 0.321. The summed E-state index contributed by atoms with van der Waals surface area (Å²) >= 11 is 6.36. The minimum Gasteiger partial charge on any atom is -0.497 e. The summed E-state index contributed by atoms with van der Waals surface area (Å²) in [5, 5.41) is 10.7. The third kappa shape index (κ3) is 6.01. The molecule has 2 aromatic carbocycles. The number of piperidine rings is 1. The Kier molecular flexibility index (Phi) is 8.19. The molecule has 1 fully saturated rings. The highest BCUT2D eigenvalue weighted by Crippen LogP contribution is 2.32. The fourth-order valence-corrected chi connectivity index (χ4v) is 4.91. The van der Waals surface area contributed by atoms with Gasteiger partial charge in [0, 0.05) is 35.7 Å². The first-order chi connectivity index (χ1) is 17.4. The molecule has 36 heavy (non-hydrogen) atoms. The zero-order valence-electron chi connectivity index (χ0n) is 19.8. The van der Waals surface area contributed by atoms with Crippen molar-refractivity contribution in [2.45, 2.75) is 19.3 Å². The molecule has 0 spiro atoms. The standard InChI is InChI=1S/C28H26ClFN2O4/c1-36-21-8-9-25-22(15-21)27(24(29)16-31-25)26(33)10-7-19-11-13-32(17-23(19)28(34)35)12-3-5-18-4-2-6-20(30)14-18/h2,4,6,8-9,14-16,19,23H,7,10-13,17H2,1H3,(H,34,35)/t19-,23+/m0/s1. The van der Waals surface area contributed by atoms with Gasteiger partial charge in [-0.1, -0.05) is 29.5 Å². The number of ketones is 1. The molecule has 1 saturated heterocycles. The van der Waals surface area contributed by atoms with Crippen LogP contribution in [0, 0.1) is 29.5 Å². The van der Waals surface area contributed by atoms with Crippen molar-refractivity contribution >= 4 is 34.3 Å². The van der Waals surface area contributed by atoms with Crippen molar-refractivity contribution < 1.29 is 23.8 Å². The number of carboxylic acid groups (broad SMARTS) is 1. The Morgan fingerprint density at radius 1 is 1.28 bits per heavy atom. The fourth-order valence-electron chi connectivity index (χ4n) is 4.66. The predicted molar refractivity (Wildman–Crippen MR) is 136 cm³/mol. The number of Topliss-reactive ketones (excluding diaryl/α,β-unsaturated/α-hetero) is 1. The van der Waals surface area contributed by atoms with Crippen LogP contribution >= 0.6 is 11.6 Å². The topological polar surface area (TPSA) is 79.7 Å². The lowest BCUT2D eigenvalue weighted by Crippen LogP contribution is -2.44. The number of pyridine rings is 1. The van der Waals surface area contributed by atoms with Crippen LogP contribution in [0.1, 0.15) is 35.2 Å². The number of ether oxygens (including phenoxy) is 1. The summed E-state index contributed by atoms with van der Waals surface area (Å²) < 4.78 is 18.6. The molecule has 1 N–H and O–H groups in total. The van der Waals surface area contributed by atoms with Crippen LogP contribution in [0.25, 0.3) is 10.9 Å². The molecule has 0 aliphatic carbocycles. The van der Waals surface area contributed by atoms with Gasteiger partial charge < -0.3 is 9.84 Å². The van der Waals surface area contributed by atoms with Crippen LogP contribution in [0.15, 0.2) is 48.7 Å². The SMILES string of the molecule is COc1ccc2ncc(Cl)c(C(=O)CC[C@H]3CCN(CC#Cc4cccc(F)c4)C[C@H]3C(=O)O)c2c1. The van der Waals surface area contributed by atoms with Crippen LogP contribution in [-0.2, 0) is 4.79 Å².